The van der Waals surface area contributed by atoms with Crippen molar-refractivity contribution >= 4 is 10.0 Å². The first-order valence-electron chi connectivity index (χ1n) is 6.14. The number of aryl methyl sites for hydroxylation is 1. The molecule has 1 aromatic carbocycles. The van der Waals surface area contributed by atoms with Gasteiger partial charge in [-0.15, -0.1) is 0 Å². The second-order valence-electron chi connectivity index (χ2n) is 4.35. The number of sulfonamides is 1. The molecule has 0 unspecified atom stereocenters. The maximum Gasteiger partial charge on any atom is 0.243 e. The topological polar surface area (TPSA) is 97.1 Å². The van der Waals surface area contributed by atoms with Crippen LogP contribution in [0.2, 0.25) is 0 Å². The monoisotopic (exact) mass is 314 g/mol. The molecule has 0 bridgehead atoms. The summed E-state index contributed by atoms with van der Waals surface area (Å²) in [6.07, 6.45) is 0. The number of aromatic nitrogens is 2. The average Bonchev–Trinajstić information content (AvgIpc) is 2.83. The second-order valence-corrected chi connectivity index (χ2v) is 6.09. The standard InChI is InChI=1S/C12H15FN4O3S/c1-8-16-12(20-17-8)7-15-21(18,19)11-4-3-9(6-14-2)5-10(11)13/h3-5,14-15H,6-7H2,1-2H3. The van der Waals surface area contributed by atoms with Crippen LogP contribution in [0.5, 0.6) is 0 Å². The molecule has 2 rings (SSSR count). The Morgan fingerprint density at radius 2 is 2.10 bits per heavy atom. The summed E-state index contributed by atoms with van der Waals surface area (Å²) < 4.78 is 45.0. The van der Waals surface area contributed by atoms with E-state index in [9.17, 15) is 12.8 Å². The van der Waals surface area contributed by atoms with Crippen molar-refractivity contribution in [3.05, 3.63) is 41.3 Å². The molecule has 114 valence electrons. The highest BCUT2D eigenvalue weighted by molar-refractivity contribution is 7.89. The van der Waals surface area contributed by atoms with E-state index in [1.54, 1.807) is 20.0 Å². The van der Waals surface area contributed by atoms with Gasteiger partial charge in [-0.25, -0.2) is 17.5 Å². The molecule has 7 nitrogen and oxygen atoms in total. The highest BCUT2D eigenvalue weighted by Gasteiger charge is 2.20. The van der Waals surface area contributed by atoms with Gasteiger partial charge in [0.1, 0.15) is 10.7 Å². The molecule has 0 aliphatic carbocycles. The van der Waals surface area contributed by atoms with E-state index in [-0.39, 0.29) is 12.4 Å². The molecular formula is C12H15FN4O3S. The molecule has 2 aromatic rings. The van der Waals surface area contributed by atoms with Crippen molar-refractivity contribution in [2.45, 2.75) is 24.9 Å². The molecule has 0 atom stereocenters. The minimum Gasteiger partial charge on any atom is -0.338 e. The average molecular weight is 314 g/mol. The van der Waals surface area contributed by atoms with Crippen LogP contribution in [0.25, 0.3) is 0 Å². The molecular weight excluding hydrogens is 299 g/mol. The first-order chi connectivity index (χ1) is 9.92. The number of nitrogens with zero attached hydrogens (tertiary/aromatic N) is 2. The van der Waals surface area contributed by atoms with Crippen molar-refractivity contribution in [1.82, 2.24) is 20.2 Å². The Bertz CT molecular complexity index is 730. The maximum absolute atomic E-state index is 13.9. The third-order valence-electron chi connectivity index (χ3n) is 2.65. The molecule has 1 aromatic heterocycles. The Labute approximate surface area is 121 Å². The summed E-state index contributed by atoms with van der Waals surface area (Å²) in [5.74, 6) is -0.299. The first-order valence-corrected chi connectivity index (χ1v) is 7.62. The van der Waals surface area contributed by atoms with Crippen LogP contribution in [0.3, 0.4) is 0 Å². The van der Waals surface area contributed by atoms with E-state index >= 15 is 0 Å². The smallest absolute Gasteiger partial charge is 0.243 e. The van der Waals surface area contributed by atoms with Gasteiger partial charge in [0.15, 0.2) is 5.82 Å². The van der Waals surface area contributed by atoms with Crippen molar-refractivity contribution in [1.29, 1.82) is 0 Å². The molecule has 0 aliphatic heterocycles. The lowest BCUT2D eigenvalue weighted by atomic mass is 10.2. The van der Waals surface area contributed by atoms with Crippen LogP contribution in [0.1, 0.15) is 17.3 Å². The fourth-order valence-electron chi connectivity index (χ4n) is 1.72. The summed E-state index contributed by atoms with van der Waals surface area (Å²) >= 11 is 0. The lowest BCUT2D eigenvalue weighted by Gasteiger charge is -2.07. The van der Waals surface area contributed by atoms with Gasteiger partial charge in [0.25, 0.3) is 0 Å². The van der Waals surface area contributed by atoms with E-state index in [0.29, 0.717) is 17.9 Å². The number of hydrogen-bond donors (Lipinski definition) is 2. The van der Waals surface area contributed by atoms with E-state index in [2.05, 4.69) is 20.2 Å². The molecule has 21 heavy (non-hydrogen) atoms. The van der Waals surface area contributed by atoms with Crippen LogP contribution >= 0.6 is 0 Å². The zero-order valence-electron chi connectivity index (χ0n) is 11.6. The summed E-state index contributed by atoms with van der Waals surface area (Å²) in [4.78, 5) is 3.44. The molecule has 0 spiro atoms. The van der Waals surface area contributed by atoms with Gasteiger partial charge in [0, 0.05) is 6.54 Å². The predicted molar refractivity (Wildman–Crippen MR) is 72.2 cm³/mol. The number of nitrogens with one attached hydrogen (secondary N) is 2. The fraction of sp³-hybridized carbons (Fsp3) is 0.333. The molecule has 9 heteroatoms. The van der Waals surface area contributed by atoms with E-state index in [0.717, 1.165) is 0 Å². The van der Waals surface area contributed by atoms with E-state index < -0.39 is 20.7 Å². The number of halogens is 1. The molecule has 0 saturated heterocycles. The normalized spacial score (nSPS) is 11.8. The quantitative estimate of drug-likeness (QED) is 0.815. The van der Waals surface area contributed by atoms with Crippen molar-refractivity contribution in [2.24, 2.45) is 0 Å². The summed E-state index contributed by atoms with van der Waals surface area (Å²) in [6, 6.07) is 3.95. The Balaban J connectivity index is 2.15. The van der Waals surface area contributed by atoms with E-state index in [4.69, 9.17) is 4.52 Å². The molecule has 0 saturated carbocycles. The maximum atomic E-state index is 13.9. The van der Waals surface area contributed by atoms with Gasteiger partial charge in [0.2, 0.25) is 15.9 Å². The molecule has 0 fully saturated rings. The van der Waals surface area contributed by atoms with Gasteiger partial charge in [-0.3, -0.25) is 0 Å². The molecule has 2 N–H and O–H groups in total. The van der Waals surface area contributed by atoms with Gasteiger partial charge < -0.3 is 9.84 Å². The van der Waals surface area contributed by atoms with Crippen molar-refractivity contribution in [3.63, 3.8) is 0 Å². The zero-order chi connectivity index (χ0) is 15.5. The fourth-order valence-corrected chi connectivity index (χ4v) is 2.75. The Morgan fingerprint density at radius 1 is 1.33 bits per heavy atom. The van der Waals surface area contributed by atoms with Crippen molar-refractivity contribution < 1.29 is 17.3 Å². The van der Waals surface area contributed by atoms with Crippen LogP contribution < -0.4 is 10.0 Å². The third kappa shape index (κ3) is 3.84. The molecule has 0 amide bonds. The highest BCUT2D eigenvalue weighted by atomic mass is 32.2. The Morgan fingerprint density at radius 3 is 2.67 bits per heavy atom. The number of rotatable bonds is 6. The first kappa shape index (κ1) is 15.5. The van der Waals surface area contributed by atoms with Crippen LogP contribution in [0, 0.1) is 12.7 Å². The SMILES string of the molecule is CNCc1ccc(S(=O)(=O)NCc2nc(C)no2)c(F)c1. The summed E-state index contributed by atoms with van der Waals surface area (Å²) in [5.41, 5.74) is 0.654. The third-order valence-corrected chi connectivity index (χ3v) is 4.08. The number of hydrogen-bond acceptors (Lipinski definition) is 6. The van der Waals surface area contributed by atoms with Crippen LogP contribution in [0.15, 0.2) is 27.6 Å². The van der Waals surface area contributed by atoms with Crippen LogP contribution in [-0.4, -0.2) is 25.6 Å². The van der Waals surface area contributed by atoms with Crippen LogP contribution in [0.4, 0.5) is 4.39 Å². The van der Waals surface area contributed by atoms with Gasteiger partial charge in [0.05, 0.1) is 6.54 Å². The second kappa shape index (κ2) is 6.29. The van der Waals surface area contributed by atoms with Gasteiger partial charge >= 0.3 is 0 Å². The predicted octanol–water partition coefficient (Wildman–Crippen LogP) is 0.715. The lowest BCUT2D eigenvalue weighted by Crippen LogP contribution is -2.24. The molecule has 0 aliphatic rings. The highest BCUT2D eigenvalue weighted by Crippen LogP contribution is 2.16. The minimum atomic E-state index is -3.98. The van der Waals surface area contributed by atoms with Crippen molar-refractivity contribution in [3.8, 4) is 0 Å². The Kier molecular flexibility index (Phi) is 4.66. The zero-order valence-corrected chi connectivity index (χ0v) is 12.4. The summed E-state index contributed by atoms with van der Waals surface area (Å²) in [6.45, 7) is 1.87. The van der Waals surface area contributed by atoms with E-state index in [1.807, 2.05) is 0 Å². The largest absolute Gasteiger partial charge is 0.338 e. The summed E-state index contributed by atoms with van der Waals surface area (Å²) in [7, 11) is -2.27. The van der Waals surface area contributed by atoms with Crippen molar-refractivity contribution in [2.75, 3.05) is 7.05 Å². The summed E-state index contributed by atoms with van der Waals surface area (Å²) in [5, 5.41) is 6.40. The molecule has 0 radical (unpaired) electrons. The minimum absolute atomic E-state index is 0.114. The Hall–Kier alpha value is -1.84. The van der Waals surface area contributed by atoms with Gasteiger partial charge in [-0.1, -0.05) is 11.2 Å². The number of benzene rings is 1. The van der Waals surface area contributed by atoms with Gasteiger partial charge in [-0.2, -0.15) is 4.98 Å². The molecule has 1 heterocycles. The van der Waals surface area contributed by atoms with Crippen LogP contribution in [-0.2, 0) is 23.1 Å². The van der Waals surface area contributed by atoms with E-state index in [1.165, 1.54) is 12.1 Å². The van der Waals surface area contributed by atoms with Gasteiger partial charge in [-0.05, 0) is 31.7 Å². The lowest BCUT2D eigenvalue weighted by molar-refractivity contribution is 0.372.